The predicted octanol–water partition coefficient (Wildman–Crippen LogP) is 3.82. The first-order valence-electron chi connectivity index (χ1n) is 8.52. The van der Waals surface area contributed by atoms with Crippen molar-refractivity contribution in [3.63, 3.8) is 0 Å². The molecule has 0 radical (unpaired) electrons. The van der Waals surface area contributed by atoms with Crippen LogP contribution in [0.25, 0.3) is 0 Å². The van der Waals surface area contributed by atoms with Crippen LogP contribution < -0.4 is 5.32 Å². The zero-order valence-corrected chi connectivity index (χ0v) is 13.9. The molecule has 2 heteroatoms. The van der Waals surface area contributed by atoms with Crippen LogP contribution in [0, 0.1) is 5.41 Å². The number of hydrogen-bond acceptors (Lipinski definition) is 2. The second-order valence-corrected chi connectivity index (χ2v) is 8.14. The largest absolute Gasteiger partial charge is 0.308 e. The van der Waals surface area contributed by atoms with E-state index in [1.54, 1.807) is 0 Å². The highest BCUT2D eigenvalue weighted by molar-refractivity contribution is 5.16. The Balaban J connectivity index is 1.79. The zero-order chi connectivity index (χ0) is 14.9. The van der Waals surface area contributed by atoms with E-state index in [0.717, 1.165) is 13.1 Å². The molecule has 3 rings (SSSR count). The third-order valence-corrected chi connectivity index (χ3v) is 5.41. The van der Waals surface area contributed by atoms with Gasteiger partial charge >= 0.3 is 0 Å². The van der Waals surface area contributed by atoms with Crippen LogP contribution in [-0.2, 0) is 6.54 Å². The fourth-order valence-electron chi connectivity index (χ4n) is 4.22. The highest BCUT2D eigenvalue weighted by atomic mass is 15.3. The van der Waals surface area contributed by atoms with Gasteiger partial charge in [-0.15, -0.1) is 0 Å². The van der Waals surface area contributed by atoms with Crippen molar-refractivity contribution in [1.82, 2.24) is 10.2 Å². The summed E-state index contributed by atoms with van der Waals surface area (Å²) in [6.45, 7) is 10.6. The Bertz CT molecular complexity index is 454. The Kier molecular flexibility index (Phi) is 4.11. The maximum absolute atomic E-state index is 3.93. The third-order valence-electron chi connectivity index (χ3n) is 5.41. The minimum atomic E-state index is 0.321. The summed E-state index contributed by atoms with van der Waals surface area (Å²) in [4.78, 5) is 2.75. The van der Waals surface area contributed by atoms with Gasteiger partial charge in [-0.1, -0.05) is 63.9 Å². The van der Waals surface area contributed by atoms with Crippen LogP contribution in [-0.4, -0.2) is 29.6 Å². The highest BCUT2D eigenvalue weighted by Gasteiger charge is 2.43. The lowest BCUT2D eigenvalue weighted by atomic mass is 9.81. The van der Waals surface area contributed by atoms with Crippen molar-refractivity contribution in [2.45, 2.75) is 64.6 Å². The van der Waals surface area contributed by atoms with Crippen molar-refractivity contribution in [2.24, 2.45) is 5.41 Å². The summed E-state index contributed by atoms with van der Waals surface area (Å²) in [5, 5.41) is 3.93. The summed E-state index contributed by atoms with van der Waals surface area (Å²) < 4.78 is 0. The standard InChI is InChI=1S/C19H30N2/c1-18(2,3)17-13-20-19(11-7-8-12-19)15-21(17)14-16-9-5-4-6-10-16/h4-6,9-10,17,20H,7-8,11-15H2,1-3H3. The molecular formula is C19H30N2. The monoisotopic (exact) mass is 286 g/mol. The fourth-order valence-corrected chi connectivity index (χ4v) is 4.22. The highest BCUT2D eigenvalue weighted by Crippen LogP contribution is 2.37. The van der Waals surface area contributed by atoms with Crippen LogP contribution in [0.5, 0.6) is 0 Å². The third kappa shape index (κ3) is 3.32. The Labute approximate surface area is 129 Å². The lowest BCUT2D eigenvalue weighted by molar-refractivity contribution is 0.0179. The Morgan fingerprint density at radius 2 is 1.81 bits per heavy atom. The molecule has 0 amide bonds. The molecule has 0 aromatic heterocycles. The van der Waals surface area contributed by atoms with E-state index in [1.807, 2.05) is 0 Å². The van der Waals surface area contributed by atoms with E-state index in [4.69, 9.17) is 0 Å². The van der Waals surface area contributed by atoms with E-state index < -0.39 is 0 Å². The average Bonchev–Trinajstić information content (AvgIpc) is 2.87. The Morgan fingerprint density at radius 3 is 2.43 bits per heavy atom. The Hall–Kier alpha value is -0.860. The fraction of sp³-hybridized carbons (Fsp3) is 0.684. The number of piperazine rings is 1. The van der Waals surface area contributed by atoms with Crippen molar-refractivity contribution in [3.8, 4) is 0 Å². The molecule has 21 heavy (non-hydrogen) atoms. The van der Waals surface area contributed by atoms with Gasteiger partial charge in [-0.25, -0.2) is 0 Å². The molecule has 2 aliphatic rings. The summed E-state index contributed by atoms with van der Waals surface area (Å²) in [6, 6.07) is 11.6. The normalized spacial score (nSPS) is 26.3. The van der Waals surface area contributed by atoms with Crippen molar-refractivity contribution >= 4 is 0 Å². The molecule has 1 unspecified atom stereocenters. The van der Waals surface area contributed by atoms with Gasteiger partial charge < -0.3 is 5.32 Å². The summed E-state index contributed by atoms with van der Waals surface area (Å²) in [7, 11) is 0. The van der Waals surface area contributed by atoms with Crippen molar-refractivity contribution in [2.75, 3.05) is 13.1 Å². The van der Waals surface area contributed by atoms with E-state index in [0.29, 0.717) is 17.0 Å². The second-order valence-electron chi connectivity index (χ2n) is 8.14. The molecule has 0 bridgehead atoms. The van der Waals surface area contributed by atoms with Gasteiger partial charge in [0.2, 0.25) is 0 Å². The van der Waals surface area contributed by atoms with E-state index >= 15 is 0 Å². The number of rotatable bonds is 2. The summed E-state index contributed by atoms with van der Waals surface area (Å²) >= 11 is 0. The van der Waals surface area contributed by atoms with Gasteiger partial charge in [0.1, 0.15) is 0 Å². The average molecular weight is 286 g/mol. The van der Waals surface area contributed by atoms with Crippen LogP contribution in [0.2, 0.25) is 0 Å². The quantitative estimate of drug-likeness (QED) is 0.889. The van der Waals surface area contributed by atoms with E-state index in [1.165, 1.54) is 37.8 Å². The molecular weight excluding hydrogens is 256 g/mol. The van der Waals surface area contributed by atoms with Crippen LogP contribution in [0.15, 0.2) is 30.3 Å². The van der Waals surface area contributed by atoms with Crippen molar-refractivity contribution in [1.29, 1.82) is 0 Å². The molecule has 1 aliphatic carbocycles. The summed E-state index contributed by atoms with van der Waals surface area (Å²) in [5.41, 5.74) is 2.17. The minimum Gasteiger partial charge on any atom is -0.308 e. The second kappa shape index (κ2) is 5.73. The first-order valence-corrected chi connectivity index (χ1v) is 8.52. The lowest BCUT2D eigenvalue weighted by Crippen LogP contribution is -2.65. The van der Waals surface area contributed by atoms with Crippen LogP contribution in [0.1, 0.15) is 52.0 Å². The van der Waals surface area contributed by atoms with Crippen molar-refractivity contribution in [3.05, 3.63) is 35.9 Å². The summed E-state index contributed by atoms with van der Waals surface area (Å²) in [5.74, 6) is 0. The molecule has 1 aromatic rings. The van der Waals surface area contributed by atoms with Crippen molar-refractivity contribution < 1.29 is 0 Å². The van der Waals surface area contributed by atoms with E-state index in [2.05, 4.69) is 61.3 Å². The predicted molar refractivity (Wildman–Crippen MR) is 89.3 cm³/mol. The van der Waals surface area contributed by atoms with Gasteiger partial charge in [-0.2, -0.15) is 0 Å². The molecule has 1 saturated carbocycles. The molecule has 1 N–H and O–H groups in total. The molecule has 2 fully saturated rings. The van der Waals surface area contributed by atoms with Crippen LogP contribution in [0.4, 0.5) is 0 Å². The van der Waals surface area contributed by atoms with E-state index in [9.17, 15) is 0 Å². The lowest BCUT2D eigenvalue weighted by Gasteiger charge is -2.50. The topological polar surface area (TPSA) is 15.3 Å². The van der Waals surface area contributed by atoms with E-state index in [-0.39, 0.29) is 0 Å². The molecule has 1 atom stereocenters. The number of nitrogens with zero attached hydrogens (tertiary/aromatic N) is 1. The molecule has 1 saturated heterocycles. The first-order chi connectivity index (χ1) is 9.99. The molecule has 1 spiro atoms. The molecule has 2 nitrogen and oxygen atoms in total. The number of benzene rings is 1. The smallest absolute Gasteiger partial charge is 0.0309 e. The molecule has 1 aliphatic heterocycles. The van der Waals surface area contributed by atoms with Gasteiger partial charge in [0.25, 0.3) is 0 Å². The first kappa shape index (κ1) is 15.1. The molecule has 1 aromatic carbocycles. The van der Waals surface area contributed by atoms with Crippen LogP contribution >= 0.6 is 0 Å². The molecule has 1 heterocycles. The molecule has 116 valence electrons. The maximum Gasteiger partial charge on any atom is 0.0309 e. The van der Waals surface area contributed by atoms with Gasteiger partial charge in [-0.05, 0) is 23.8 Å². The van der Waals surface area contributed by atoms with Gasteiger partial charge in [-0.3, -0.25) is 4.90 Å². The van der Waals surface area contributed by atoms with Crippen LogP contribution in [0.3, 0.4) is 0 Å². The summed E-state index contributed by atoms with van der Waals surface area (Å²) in [6.07, 6.45) is 5.50. The number of hydrogen-bond donors (Lipinski definition) is 1. The minimum absolute atomic E-state index is 0.321. The Morgan fingerprint density at radius 1 is 1.14 bits per heavy atom. The van der Waals surface area contributed by atoms with Gasteiger partial charge in [0.05, 0.1) is 0 Å². The van der Waals surface area contributed by atoms with Gasteiger partial charge in [0.15, 0.2) is 0 Å². The maximum atomic E-state index is 3.93. The number of nitrogens with one attached hydrogen (secondary N) is 1. The zero-order valence-electron chi connectivity index (χ0n) is 13.9. The van der Waals surface area contributed by atoms with Gasteiger partial charge in [0, 0.05) is 31.2 Å². The SMILES string of the molecule is CC(C)(C)C1CNC2(CCCC2)CN1Cc1ccccc1.